The Kier molecular flexibility index (Phi) is 9.47. The fourth-order valence-corrected chi connectivity index (χ4v) is 5.94. The summed E-state index contributed by atoms with van der Waals surface area (Å²) >= 11 is 0. The molecule has 3 heterocycles. The molecule has 262 valence electrons. The molecule has 13 nitrogen and oxygen atoms in total. The number of nitrogens with zero attached hydrogens (tertiary/aromatic N) is 3. The molecule has 0 bridgehead atoms. The van der Waals surface area contributed by atoms with Crippen LogP contribution in [0.2, 0.25) is 0 Å². The van der Waals surface area contributed by atoms with Gasteiger partial charge in [0.2, 0.25) is 0 Å². The number of aryl methyl sites for hydroxylation is 1. The number of fused-ring (bicyclic) bond motifs is 1. The second-order valence-corrected chi connectivity index (χ2v) is 12.0. The molecule has 48 heavy (non-hydrogen) atoms. The third kappa shape index (κ3) is 6.96. The van der Waals surface area contributed by atoms with E-state index in [9.17, 15) is 45.9 Å². The smallest absolute Gasteiger partial charge is 0.475 e. The first-order chi connectivity index (χ1) is 22.5. The molecule has 1 aromatic heterocycles. The van der Waals surface area contributed by atoms with Crippen molar-refractivity contribution in [1.82, 2.24) is 15.1 Å². The monoisotopic (exact) mass is 688 g/mol. The van der Waals surface area contributed by atoms with Gasteiger partial charge in [0.05, 0.1) is 22.9 Å². The maximum Gasteiger partial charge on any atom is 0.519 e. The first-order valence-corrected chi connectivity index (χ1v) is 15.2. The first kappa shape index (κ1) is 34.7. The molecule has 1 spiro atoms. The highest BCUT2D eigenvalue weighted by molar-refractivity contribution is 6.06. The summed E-state index contributed by atoms with van der Waals surface area (Å²) in [5.41, 5.74) is -3.69. The van der Waals surface area contributed by atoms with Gasteiger partial charge >= 0.3 is 24.5 Å². The van der Waals surface area contributed by atoms with Gasteiger partial charge in [-0.15, -0.1) is 0 Å². The molecule has 1 N–H and O–H groups in total. The van der Waals surface area contributed by atoms with Crippen LogP contribution >= 0.6 is 0 Å². The largest absolute Gasteiger partial charge is 0.519 e. The van der Waals surface area contributed by atoms with Crippen LogP contribution in [0.15, 0.2) is 25.8 Å². The van der Waals surface area contributed by atoms with Gasteiger partial charge in [-0.1, -0.05) is 0 Å². The number of carbonyl (C=O) groups excluding carboxylic acids is 4. The molecule has 2 fully saturated rings. The van der Waals surface area contributed by atoms with Crippen LogP contribution in [-0.2, 0) is 27.1 Å². The van der Waals surface area contributed by atoms with Crippen molar-refractivity contribution in [1.29, 1.82) is 0 Å². The molecule has 18 heteroatoms. The number of carbonyl (C=O) groups is 4. The van der Waals surface area contributed by atoms with Gasteiger partial charge in [-0.2, -0.15) is 22.0 Å². The van der Waals surface area contributed by atoms with Gasteiger partial charge in [0.1, 0.15) is 5.75 Å². The number of halogens is 5. The Morgan fingerprint density at radius 3 is 2.44 bits per heavy atom. The summed E-state index contributed by atoms with van der Waals surface area (Å²) in [7, 11) is 0. The van der Waals surface area contributed by atoms with Crippen LogP contribution in [0.25, 0.3) is 0 Å². The highest BCUT2D eigenvalue weighted by atomic mass is 19.4. The zero-order valence-corrected chi connectivity index (χ0v) is 26.2. The SMILES string of the molecule is Cc1oc(=O)oc1COC(=O)N1CCC[C@@H](N(C(=O)c2cc3c(cc2C(F)(F)F)OC2(CC2)C(=O)N3CCNC(=O)C(F)F)C(C)C)C1. The van der Waals surface area contributed by atoms with E-state index in [1.165, 1.54) is 16.7 Å². The molecule has 3 aliphatic rings. The molecule has 5 rings (SSSR count). The van der Waals surface area contributed by atoms with Crippen molar-refractivity contribution in [3.63, 3.8) is 0 Å². The standard InChI is InChI=1S/C30H33F5N4O9/c1-15(2)39(17-5-4-9-37(13-17)27(43)45-14-22-16(3)46-28(44)47-22)25(41)18-11-20-21(12-19(18)30(33,34)35)48-29(6-7-29)26(42)38(20)10-8-36-24(40)23(31)32/h11-12,15,17,23H,4-10,13-14H2,1-3H3,(H,36,40)/t17-/m1/s1. The minimum Gasteiger partial charge on any atom is -0.475 e. The van der Waals surface area contributed by atoms with Crippen LogP contribution in [0.5, 0.6) is 5.75 Å². The summed E-state index contributed by atoms with van der Waals surface area (Å²) in [5.74, 6) is -4.39. The molecule has 1 saturated heterocycles. The van der Waals surface area contributed by atoms with E-state index in [1.54, 1.807) is 13.8 Å². The molecule has 2 aliphatic heterocycles. The number of amides is 4. The minimum atomic E-state index is -5.02. The van der Waals surface area contributed by atoms with Gasteiger partial charge in [-0.05, 0) is 45.7 Å². The molecule has 1 saturated carbocycles. The quantitative estimate of drug-likeness (QED) is 0.388. The van der Waals surface area contributed by atoms with Gasteiger partial charge in [-0.25, -0.2) is 9.59 Å². The molecule has 0 unspecified atom stereocenters. The Morgan fingerprint density at radius 2 is 1.85 bits per heavy atom. The van der Waals surface area contributed by atoms with E-state index in [0.717, 1.165) is 11.0 Å². The van der Waals surface area contributed by atoms with Crippen molar-refractivity contribution >= 4 is 29.5 Å². The van der Waals surface area contributed by atoms with Crippen molar-refractivity contribution in [3.8, 4) is 5.75 Å². The van der Waals surface area contributed by atoms with Gasteiger partial charge in [-0.3, -0.25) is 14.4 Å². The number of piperidine rings is 1. The molecule has 0 radical (unpaired) electrons. The summed E-state index contributed by atoms with van der Waals surface area (Å²) in [6.45, 7) is 3.59. The van der Waals surface area contributed by atoms with E-state index < -0.39 is 84.2 Å². The average Bonchev–Trinajstić information content (AvgIpc) is 3.71. The minimum absolute atomic E-state index is 0.00787. The zero-order chi connectivity index (χ0) is 35.1. The Labute approximate surface area is 269 Å². The first-order valence-electron chi connectivity index (χ1n) is 15.2. The highest BCUT2D eigenvalue weighted by Gasteiger charge is 2.58. The number of benzene rings is 1. The number of anilines is 1. The Balaban J connectivity index is 1.42. The number of hydrogen-bond acceptors (Lipinski definition) is 9. The van der Waals surface area contributed by atoms with Crippen molar-refractivity contribution in [3.05, 3.63) is 45.4 Å². The number of ether oxygens (including phenoxy) is 2. The van der Waals surface area contributed by atoms with E-state index >= 15 is 0 Å². The zero-order valence-electron chi connectivity index (χ0n) is 26.2. The number of nitrogens with one attached hydrogen (secondary N) is 1. The Morgan fingerprint density at radius 1 is 1.15 bits per heavy atom. The lowest BCUT2D eigenvalue weighted by Crippen LogP contribution is -2.54. The fraction of sp³-hybridized carbons (Fsp3) is 0.567. The number of rotatable bonds is 9. The van der Waals surface area contributed by atoms with Gasteiger partial charge < -0.3 is 38.3 Å². The molecule has 1 aliphatic carbocycles. The lowest BCUT2D eigenvalue weighted by molar-refractivity contribution is -0.138. The van der Waals surface area contributed by atoms with Crippen molar-refractivity contribution < 1.29 is 59.4 Å². The van der Waals surface area contributed by atoms with Crippen molar-refractivity contribution in [2.75, 3.05) is 31.1 Å². The topological polar surface area (TPSA) is 152 Å². The highest BCUT2D eigenvalue weighted by Crippen LogP contribution is 2.51. The van der Waals surface area contributed by atoms with Crippen LogP contribution < -0.4 is 20.8 Å². The van der Waals surface area contributed by atoms with Gasteiger partial charge in [0, 0.05) is 45.1 Å². The Bertz CT molecular complexity index is 1650. The van der Waals surface area contributed by atoms with E-state index in [2.05, 4.69) is 0 Å². The predicted molar refractivity (Wildman–Crippen MR) is 153 cm³/mol. The third-order valence-corrected chi connectivity index (χ3v) is 8.40. The van der Waals surface area contributed by atoms with Crippen molar-refractivity contribution in [2.45, 2.75) is 83.3 Å². The molecule has 1 atom stereocenters. The third-order valence-electron chi connectivity index (χ3n) is 8.40. The lowest BCUT2D eigenvalue weighted by Gasteiger charge is -2.41. The molecular weight excluding hydrogens is 655 g/mol. The predicted octanol–water partition coefficient (Wildman–Crippen LogP) is 3.85. The van der Waals surface area contributed by atoms with Crippen LogP contribution in [0.1, 0.15) is 67.0 Å². The van der Waals surface area contributed by atoms with Crippen LogP contribution in [0.4, 0.5) is 32.4 Å². The number of alkyl halides is 5. The van der Waals surface area contributed by atoms with E-state index in [4.69, 9.17) is 18.3 Å². The fourth-order valence-electron chi connectivity index (χ4n) is 5.94. The number of hydrogen-bond donors (Lipinski definition) is 1. The van der Waals surface area contributed by atoms with Crippen LogP contribution in [-0.4, -0.2) is 83.9 Å². The molecular formula is C30H33F5N4O9. The summed E-state index contributed by atoms with van der Waals surface area (Å²) < 4.78 is 89.6. The lowest BCUT2D eigenvalue weighted by atomic mass is 9.97. The summed E-state index contributed by atoms with van der Waals surface area (Å²) in [6, 6.07) is 0.164. The van der Waals surface area contributed by atoms with E-state index in [0.29, 0.717) is 18.9 Å². The average molecular weight is 689 g/mol. The second kappa shape index (κ2) is 13.1. The maximum absolute atomic E-state index is 14.5. The van der Waals surface area contributed by atoms with Gasteiger partial charge in [0.25, 0.3) is 17.7 Å². The van der Waals surface area contributed by atoms with E-state index in [1.807, 2.05) is 5.32 Å². The molecule has 4 amide bonds. The molecule has 2 aromatic rings. The summed E-state index contributed by atoms with van der Waals surface area (Å²) in [5, 5.41) is 1.97. The van der Waals surface area contributed by atoms with Crippen LogP contribution in [0.3, 0.4) is 0 Å². The van der Waals surface area contributed by atoms with Gasteiger partial charge in [0.15, 0.2) is 23.7 Å². The summed E-state index contributed by atoms with van der Waals surface area (Å²) in [4.78, 5) is 66.6. The Hall–Kier alpha value is -4.64. The second-order valence-electron chi connectivity index (χ2n) is 12.0. The van der Waals surface area contributed by atoms with Crippen molar-refractivity contribution in [2.24, 2.45) is 0 Å². The summed E-state index contributed by atoms with van der Waals surface area (Å²) in [6.07, 6.45) is -7.99. The van der Waals surface area contributed by atoms with E-state index in [-0.39, 0.29) is 55.4 Å². The maximum atomic E-state index is 14.5. The number of likely N-dealkylation sites (tertiary alicyclic amines) is 1. The normalized spacial score (nSPS) is 18.5. The molecule has 1 aromatic carbocycles. The van der Waals surface area contributed by atoms with Crippen LogP contribution in [0, 0.1) is 6.92 Å².